The number of fused-ring (bicyclic) bond motifs is 1. The Morgan fingerprint density at radius 1 is 1.50 bits per heavy atom. The Balaban J connectivity index is 2.73. The average molecular weight is 383 g/mol. The van der Waals surface area contributed by atoms with Gasteiger partial charge in [0.15, 0.2) is 0 Å². The van der Waals surface area contributed by atoms with Crippen LogP contribution in [0.3, 0.4) is 0 Å². The van der Waals surface area contributed by atoms with E-state index in [0.29, 0.717) is 6.61 Å². The number of thiophene rings is 1. The molecule has 2 rings (SSSR count). The van der Waals surface area contributed by atoms with Crippen LogP contribution in [-0.2, 0) is 0 Å². The second kappa shape index (κ2) is 4.37. The topological polar surface area (TPSA) is 9.23 Å². The molecule has 1 heterocycles. The van der Waals surface area contributed by atoms with Crippen LogP contribution in [0.1, 0.15) is 6.92 Å². The Morgan fingerprint density at radius 2 is 2.29 bits per heavy atom. The normalized spacial score (nSPS) is 10.8. The predicted molar refractivity (Wildman–Crippen MR) is 73.4 cm³/mol. The maximum atomic E-state index is 5.66. The van der Waals surface area contributed by atoms with Crippen molar-refractivity contribution in [2.45, 2.75) is 6.92 Å². The minimum atomic E-state index is 0.706. The molecule has 0 aliphatic rings. The molecule has 0 spiro atoms. The first-order chi connectivity index (χ1) is 6.74. The van der Waals surface area contributed by atoms with Gasteiger partial charge in [0.1, 0.15) is 5.75 Å². The van der Waals surface area contributed by atoms with Gasteiger partial charge in [-0.25, -0.2) is 0 Å². The Kier molecular flexibility index (Phi) is 3.34. The quantitative estimate of drug-likeness (QED) is 0.686. The van der Waals surface area contributed by atoms with E-state index in [4.69, 9.17) is 4.74 Å². The van der Waals surface area contributed by atoms with E-state index in [1.54, 1.807) is 11.3 Å². The van der Waals surface area contributed by atoms with E-state index >= 15 is 0 Å². The van der Waals surface area contributed by atoms with E-state index in [9.17, 15) is 0 Å². The van der Waals surface area contributed by atoms with Gasteiger partial charge < -0.3 is 4.74 Å². The fourth-order valence-corrected chi connectivity index (χ4v) is 3.55. The van der Waals surface area contributed by atoms with E-state index in [0.717, 1.165) is 13.8 Å². The summed E-state index contributed by atoms with van der Waals surface area (Å²) in [5, 5.41) is 3.30. The highest BCUT2D eigenvalue weighted by Gasteiger charge is 2.11. The SMILES string of the molecule is CCOc1c(I)ccc2scc(Br)c12. The van der Waals surface area contributed by atoms with Gasteiger partial charge >= 0.3 is 0 Å². The summed E-state index contributed by atoms with van der Waals surface area (Å²) in [6.45, 7) is 2.71. The van der Waals surface area contributed by atoms with Gasteiger partial charge in [0.05, 0.1) is 10.2 Å². The lowest BCUT2D eigenvalue weighted by molar-refractivity contribution is 0.342. The second-order valence-electron chi connectivity index (χ2n) is 2.77. The molecule has 0 radical (unpaired) electrons. The molecule has 74 valence electrons. The second-order valence-corrected chi connectivity index (χ2v) is 5.69. The summed E-state index contributed by atoms with van der Waals surface area (Å²) in [6, 6.07) is 4.23. The Hall–Kier alpha value is 0.190. The summed E-state index contributed by atoms with van der Waals surface area (Å²) in [6.07, 6.45) is 0. The highest BCUT2D eigenvalue weighted by atomic mass is 127. The fourth-order valence-electron chi connectivity index (χ4n) is 1.32. The summed E-state index contributed by atoms with van der Waals surface area (Å²) in [5.74, 6) is 0.999. The third-order valence-electron chi connectivity index (χ3n) is 1.89. The van der Waals surface area contributed by atoms with Crippen molar-refractivity contribution in [2.24, 2.45) is 0 Å². The van der Waals surface area contributed by atoms with Crippen molar-refractivity contribution in [3.63, 3.8) is 0 Å². The molecule has 0 atom stereocenters. The molecule has 14 heavy (non-hydrogen) atoms. The number of hydrogen-bond donors (Lipinski definition) is 0. The molecule has 0 unspecified atom stereocenters. The molecule has 0 saturated heterocycles. The molecule has 0 fully saturated rings. The standard InChI is InChI=1S/C10H8BrIOS/c1-2-13-10-7(12)3-4-8-9(10)6(11)5-14-8/h3-5H,2H2,1H3. The minimum absolute atomic E-state index is 0.706. The van der Waals surface area contributed by atoms with Crippen molar-refractivity contribution < 1.29 is 4.74 Å². The van der Waals surface area contributed by atoms with E-state index in [1.165, 1.54) is 10.1 Å². The van der Waals surface area contributed by atoms with Gasteiger partial charge in [0, 0.05) is 19.9 Å². The Morgan fingerprint density at radius 3 is 3.00 bits per heavy atom. The maximum absolute atomic E-state index is 5.66. The molecule has 1 nitrogen and oxygen atoms in total. The third-order valence-corrected chi connectivity index (χ3v) is 4.61. The number of ether oxygens (including phenoxy) is 1. The first kappa shape index (κ1) is 10.7. The van der Waals surface area contributed by atoms with Crippen molar-refractivity contribution in [1.29, 1.82) is 0 Å². The summed E-state index contributed by atoms with van der Waals surface area (Å²) in [5.41, 5.74) is 0. The molecule has 0 N–H and O–H groups in total. The number of benzene rings is 1. The minimum Gasteiger partial charge on any atom is -0.492 e. The first-order valence-electron chi connectivity index (χ1n) is 4.22. The molecule has 0 saturated carbocycles. The van der Waals surface area contributed by atoms with Gasteiger partial charge in [-0.1, -0.05) is 0 Å². The smallest absolute Gasteiger partial charge is 0.142 e. The van der Waals surface area contributed by atoms with Gasteiger partial charge in [-0.3, -0.25) is 0 Å². The van der Waals surface area contributed by atoms with Gasteiger partial charge in [-0.15, -0.1) is 11.3 Å². The van der Waals surface area contributed by atoms with Crippen molar-refractivity contribution in [3.05, 3.63) is 25.6 Å². The Labute approximate surface area is 109 Å². The molecule has 2 aromatic rings. The van der Waals surface area contributed by atoms with Crippen molar-refractivity contribution >= 4 is 59.9 Å². The molecule has 1 aromatic heterocycles. The van der Waals surface area contributed by atoms with Crippen LogP contribution in [0.5, 0.6) is 5.75 Å². The van der Waals surface area contributed by atoms with E-state index in [-0.39, 0.29) is 0 Å². The van der Waals surface area contributed by atoms with Crippen LogP contribution in [-0.4, -0.2) is 6.61 Å². The van der Waals surface area contributed by atoms with Crippen LogP contribution < -0.4 is 4.74 Å². The highest BCUT2D eigenvalue weighted by molar-refractivity contribution is 14.1. The summed E-state index contributed by atoms with van der Waals surface area (Å²) >= 11 is 7.59. The summed E-state index contributed by atoms with van der Waals surface area (Å²) in [4.78, 5) is 0. The fraction of sp³-hybridized carbons (Fsp3) is 0.200. The summed E-state index contributed by atoms with van der Waals surface area (Å²) in [7, 11) is 0. The predicted octanol–water partition coefficient (Wildman–Crippen LogP) is 4.67. The van der Waals surface area contributed by atoms with Crippen LogP contribution in [0, 0.1) is 3.57 Å². The van der Waals surface area contributed by atoms with Crippen LogP contribution in [0.25, 0.3) is 10.1 Å². The van der Waals surface area contributed by atoms with E-state index in [2.05, 4.69) is 56.0 Å². The van der Waals surface area contributed by atoms with Crippen LogP contribution in [0.15, 0.2) is 22.0 Å². The van der Waals surface area contributed by atoms with Crippen LogP contribution in [0.2, 0.25) is 0 Å². The zero-order chi connectivity index (χ0) is 10.1. The molecular weight excluding hydrogens is 375 g/mol. The molecule has 0 aliphatic heterocycles. The zero-order valence-corrected chi connectivity index (χ0v) is 12.1. The summed E-state index contributed by atoms with van der Waals surface area (Å²) < 4.78 is 9.21. The van der Waals surface area contributed by atoms with Crippen LogP contribution in [0.4, 0.5) is 0 Å². The van der Waals surface area contributed by atoms with Gasteiger partial charge in [-0.05, 0) is 57.6 Å². The molecule has 0 bridgehead atoms. The molecule has 4 heteroatoms. The first-order valence-corrected chi connectivity index (χ1v) is 6.97. The van der Waals surface area contributed by atoms with Crippen molar-refractivity contribution in [2.75, 3.05) is 6.61 Å². The molecule has 1 aromatic carbocycles. The molecular formula is C10H8BrIOS. The number of halogens is 2. The number of hydrogen-bond acceptors (Lipinski definition) is 2. The van der Waals surface area contributed by atoms with Gasteiger partial charge in [0.2, 0.25) is 0 Å². The van der Waals surface area contributed by atoms with E-state index < -0.39 is 0 Å². The lowest BCUT2D eigenvalue weighted by atomic mass is 10.2. The monoisotopic (exact) mass is 382 g/mol. The van der Waals surface area contributed by atoms with Crippen molar-refractivity contribution in [3.8, 4) is 5.75 Å². The molecule has 0 aliphatic carbocycles. The maximum Gasteiger partial charge on any atom is 0.142 e. The van der Waals surface area contributed by atoms with Gasteiger partial charge in [-0.2, -0.15) is 0 Å². The lowest BCUT2D eigenvalue weighted by Gasteiger charge is -2.07. The third kappa shape index (κ3) is 1.79. The highest BCUT2D eigenvalue weighted by Crippen LogP contribution is 2.39. The van der Waals surface area contributed by atoms with E-state index in [1.807, 2.05) is 6.92 Å². The average Bonchev–Trinajstić information content (AvgIpc) is 2.53. The van der Waals surface area contributed by atoms with Crippen LogP contribution >= 0.6 is 49.9 Å². The lowest BCUT2D eigenvalue weighted by Crippen LogP contribution is -1.94. The Bertz CT molecular complexity index is 466. The van der Waals surface area contributed by atoms with Gasteiger partial charge in [0.25, 0.3) is 0 Å². The largest absolute Gasteiger partial charge is 0.492 e. The molecule has 0 amide bonds. The van der Waals surface area contributed by atoms with Crippen molar-refractivity contribution in [1.82, 2.24) is 0 Å². The number of rotatable bonds is 2. The zero-order valence-electron chi connectivity index (χ0n) is 7.51.